The number of amides is 1. The molecule has 0 aromatic heterocycles. The zero-order chi connectivity index (χ0) is 16.3. The molecule has 0 atom stereocenters. The minimum Gasteiger partial charge on any atom is -0.397 e. The molecule has 0 bridgehead atoms. The van der Waals surface area contributed by atoms with Gasteiger partial charge in [0.25, 0.3) is 0 Å². The van der Waals surface area contributed by atoms with Gasteiger partial charge in [0.15, 0.2) is 0 Å². The average molecular weight is 303 g/mol. The van der Waals surface area contributed by atoms with E-state index in [1.54, 1.807) is 0 Å². The largest absolute Gasteiger partial charge is 0.416 e. The highest BCUT2D eigenvalue weighted by atomic mass is 19.4. The summed E-state index contributed by atoms with van der Waals surface area (Å²) < 4.78 is 37.5. The number of carbonyl (C=O) groups excluding carboxylic acids is 1. The summed E-state index contributed by atoms with van der Waals surface area (Å²) in [7, 11) is 0. The maximum atomic E-state index is 12.5. The fourth-order valence-corrected chi connectivity index (χ4v) is 1.69. The fourth-order valence-electron chi connectivity index (χ4n) is 1.69. The second-order valence-electron chi connectivity index (χ2n) is 5.77. The number of carbonyl (C=O) groups is 1. The van der Waals surface area contributed by atoms with Gasteiger partial charge in [0.2, 0.25) is 5.91 Å². The number of nitrogens with one attached hydrogen (secondary N) is 2. The topological polar surface area (TPSA) is 67.2 Å². The second kappa shape index (κ2) is 6.24. The molecular formula is C14H20F3N3O. The van der Waals surface area contributed by atoms with E-state index in [0.717, 1.165) is 12.1 Å². The Morgan fingerprint density at radius 3 is 2.33 bits per heavy atom. The molecule has 0 aliphatic carbocycles. The molecule has 0 saturated carbocycles. The quantitative estimate of drug-likeness (QED) is 0.749. The van der Waals surface area contributed by atoms with E-state index in [2.05, 4.69) is 10.6 Å². The summed E-state index contributed by atoms with van der Waals surface area (Å²) in [5, 5.41) is 5.65. The predicted octanol–water partition coefficient (Wildman–Crippen LogP) is 3.00. The highest BCUT2D eigenvalue weighted by Crippen LogP contribution is 2.32. The van der Waals surface area contributed by atoms with Crippen LogP contribution in [0.15, 0.2) is 18.2 Å². The smallest absolute Gasteiger partial charge is 0.397 e. The number of rotatable bonds is 4. The lowest BCUT2D eigenvalue weighted by Gasteiger charge is -2.20. The number of nitrogens with two attached hydrogens (primary N) is 1. The van der Waals surface area contributed by atoms with Crippen LogP contribution in [0.4, 0.5) is 24.5 Å². The van der Waals surface area contributed by atoms with Gasteiger partial charge in [0, 0.05) is 18.5 Å². The third-order valence-electron chi connectivity index (χ3n) is 2.56. The maximum absolute atomic E-state index is 12.5. The van der Waals surface area contributed by atoms with Crippen molar-refractivity contribution in [3.8, 4) is 0 Å². The number of anilines is 2. The van der Waals surface area contributed by atoms with Crippen LogP contribution in [0.1, 0.15) is 32.8 Å². The minimum atomic E-state index is -4.42. The Kier molecular flexibility index (Phi) is 5.09. The van der Waals surface area contributed by atoms with Gasteiger partial charge in [-0.15, -0.1) is 0 Å². The molecule has 0 saturated heterocycles. The number of alkyl halides is 3. The van der Waals surface area contributed by atoms with Gasteiger partial charge in [-0.2, -0.15) is 13.2 Å². The van der Waals surface area contributed by atoms with Gasteiger partial charge in [-0.25, -0.2) is 0 Å². The molecule has 1 aromatic carbocycles. The van der Waals surface area contributed by atoms with E-state index in [1.165, 1.54) is 6.07 Å². The van der Waals surface area contributed by atoms with Crippen molar-refractivity contribution in [2.45, 2.75) is 38.9 Å². The van der Waals surface area contributed by atoms with E-state index in [1.807, 2.05) is 20.8 Å². The van der Waals surface area contributed by atoms with Crippen LogP contribution in [0.3, 0.4) is 0 Å². The molecule has 118 valence electrons. The highest BCUT2D eigenvalue weighted by Gasteiger charge is 2.30. The van der Waals surface area contributed by atoms with Gasteiger partial charge in [-0.3, -0.25) is 4.79 Å². The van der Waals surface area contributed by atoms with Crippen molar-refractivity contribution in [3.63, 3.8) is 0 Å². The van der Waals surface area contributed by atoms with Crippen LogP contribution in [0.2, 0.25) is 0 Å². The molecule has 4 N–H and O–H groups in total. The molecule has 0 aliphatic rings. The molecule has 4 nitrogen and oxygen atoms in total. The van der Waals surface area contributed by atoms with E-state index in [9.17, 15) is 18.0 Å². The van der Waals surface area contributed by atoms with Crippen molar-refractivity contribution in [1.29, 1.82) is 0 Å². The van der Waals surface area contributed by atoms with Crippen molar-refractivity contribution in [1.82, 2.24) is 5.32 Å². The van der Waals surface area contributed by atoms with Crippen LogP contribution in [-0.2, 0) is 11.0 Å². The van der Waals surface area contributed by atoms with Crippen LogP contribution >= 0.6 is 0 Å². The molecule has 0 aliphatic heterocycles. The third-order valence-corrected chi connectivity index (χ3v) is 2.56. The normalized spacial score (nSPS) is 12.1. The first kappa shape index (κ1) is 17.1. The summed E-state index contributed by atoms with van der Waals surface area (Å²) in [4.78, 5) is 11.6. The van der Waals surface area contributed by atoms with Crippen LogP contribution in [0.25, 0.3) is 0 Å². The monoisotopic (exact) mass is 303 g/mol. The number of hydrogen-bond acceptors (Lipinski definition) is 3. The van der Waals surface area contributed by atoms with E-state index < -0.39 is 11.7 Å². The predicted molar refractivity (Wildman–Crippen MR) is 76.9 cm³/mol. The lowest BCUT2D eigenvalue weighted by Crippen LogP contribution is -2.41. The SMILES string of the molecule is CC(C)(C)NC(=O)CCNc1ccc(C(F)(F)F)cc1N. The van der Waals surface area contributed by atoms with Crippen molar-refractivity contribution < 1.29 is 18.0 Å². The van der Waals surface area contributed by atoms with Crippen molar-refractivity contribution in [2.24, 2.45) is 0 Å². The fraction of sp³-hybridized carbons (Fsp3) is 0.500. The molecule has 7 heteroatoms. The number of hydrogen-bond donors (Lipinski definition) is 3. The van der Waals surface area contributed by atoms with Crippen molar-refractivity contribution in [2.75, 3.05) is 17.6 Å². The third kappa shape index (κ3) is 5.93. The molecule has 0 spiro atoms. The number of benzene rings is 1. The Balaban J connectivity index is 2.55. The standard InChI is InChI=1S/C14H20F3N3O/c1-13(2,3)20-12(21)6-7-19-11-5-4-9(8-10(11)18)14(15,16)17/h4-5,8,19H,6-7,18H2,1-3H3,(H,20,21). The Hall–Kier alpha value is -1.92. The van der Waals surface area contributed by atoms with Gasteiger partial charge in [-0.1, -0.05) is 0 Å². The lowest BCUT2D eigenvalue weighted by molar-refractivity contribution is -0.137. The van der Waals surface area contributed by atoms with Crippen LogP contribution in [0.5, 0.6) is 0 Å². The van der Waals surface area contributed by atoms with Crippen LogP contribution in [0, 0.1) is 0 Å². The van der Waals surface area contributed by atoms with Crippen molar-refractivity contribution >= 4 is 17.3 Å². The van der Waals surface area contributed by atoms with E-state index in [4.69, 9.17) is 5.73 Å². The first-order chi connectivity index (χ1) is 9.49. The van der Waals surface area contributed by atoms with E-state index in [-0.39, 0.29) is 30.1 Å². The van der Waals surface area contributed by atoms with Gasteiger partial charge >= 0.3 is 6.18 Å². The van der Waals surface area contributed by atoms with Gasteiger partial charge in [-0.05, 0) is 39.0 Å². The van der Waals surface area contributed by atoms with Crippen LogP contribution in [-0.4, -0.2) is 18.0 Å². The summed E-state index contributed by atoms with van der Waals surface area (Å²) in [6, 6.07) is 3.09. The van der Waals surface area contributed by atoms with Gasteiger partial charge < -0.3 is 16.4 Å². The first-order valence-corrected chi connectivity index (χ1v) is 6.50. The molecule has 0 unspecified atom stereocenters. The van der Waals surface area contributed by atoms with Gasteiger partial charge in [0.1, 0.15) is 0 Å². The number of halogens is 3. The molecule has 1 aromatic rings. The zero-order valence-corrected chi connectivity index (χ0v) is 12.3. The summed E-state index contributed by atoms with van der Waals surface area (Å²) in [6.07, 6.45) is -4.21. The molecule has 1 rings (SSSR count). The highest BCUT2D eigenvalue weighted by molar-refractivity contribution is 5.77. The van der Waals surface area contributed by atoms with Gasteiger partial charge in [0.05, 0.1) is 16.9 Å². The van der Waals surface area contributed by atoms with E-state index in [0.29, 0.717) is 5.69 Å². The molecule has 1 amide bonds. The summed E-state index contributed by atoms with van der Waals surface area (Å²) >= 11 is 0. The average Bonchev–Trinajstić information content (AvgIpc) is 2.27. The lowest BCUT2D eigenvalue weighted by atomic mass is 10.1. The molecular weight excluding hydrogens is 283 g/mol. The Bertz CT molecular complexity index is 507. The summed E-state index contributed by atoms with van der Waals surface area (Å²) in [6.45, 7) is 5.89. The minimum absolute atomic E-state index is 0.000976. The van der Waals surface area contributed by atoms with Crippen molar-refractivity contribution in [3.05, 3.63) is 23.8 Å². The number of nitrogen functional groups attached to an aromatic ring is 1. The van der Waals surface area contributed by atoms with E-state index >= 15 is 0 Å². The maximum Gasteiger partial charge on any atom is 0.416 e. The Morgan fingerprint density at radius 1 is 1.24 bits per heavy atom. The zero-order valence-electron chi connectivity index (χ0n) is 12.3. The van der Waals surface area contributed by atoms with Crippen LogP contribution < -0.4 is 16.4 Å². The summed E-state index contributed by atoms with van der Waals surface area (Å²) in [5.74, 6) is -0.138. The first-order valence-electron chi connectivity index (χ1n) is 6.50. The Morgan fingerprint density at radius 2 is 1.86 bits per heavy atom. The molecule has 0 fully saturated rings. The second-order valence-corrected chi connectivity index (χ2v) is 5.77. The molecule has 0 radical (unpaired) electrons. The summed E-state index contributed by atoms with van der Waals surface area (Å²) in [5.41, 5.74) is 4.85. The Labute approximate surface area is 121 Å². The molecule has 21 heavy (non-hydrogen) atoms. The molecule has 0 heterocycles.